The Bertz CT molecular complexity index is 149. The third kappa shape index (κ3) is 1.62. The molecular formula is C8H15NO2S. The molecule has 0 aliphatic carbocycles. The second-order valence-corrected chi connectivity index (χ2v) is 4.10. The standard InChI is InChI=1S/C8H15NO2S/c1-12-9-4-2-8(3-5-9)10-6-7-11-8/h2-7H2,1H3. The van der Waals surface area contributed by atoms with E-state index >= 15 is 0 Å². The molecule has 2 saturated heterocycles. The van der Waals surface area contributed by atoms with Crippen molar-refractivity contribution in [3.63, 3.8) is 0 Å². The van der Waals surface area contributed by atoms with Crippen molar-refractivity contribution < 1.29 is 9.47 Å². The molecule has 4 heteroatoms. The zero-order chi connectivity index (χ0) is 8.44. The molecule has 0 unspecified atom stereocenters. The zero-order valence-electron chi connectivity index (χ0n) is 7.41. The largest absolute Gasteiger partial charge is 0.347 e. The molecule has 2 rings (SSSR count). The first kappa shape index (κ1) is 8.81. The van der Waals surface area contributed by atoms with Crippen LogP contribution >= 0.6 is 11.9 Å². The minimum Gasteiger partial charge on any atom is -0.347 e. The summed E-state index contributed by atoms with van der Waals surface area (Å²) in [4.78, 5) is 0. The fourth-order valence-electron chi connectivity index (χ4n) is 1.80. The molecular weight excluding hydrogens is 174 g/mol. The van der Waals surface area contributed by atoms with E-state index in [1.807, 2.05) is 11.9 Å². The predicted molar refractivity (Wildman–Crippen MR) is 49.0 cm³/mol. The Balaban J connectivity index is 1.88. The average molecular weight is 189 g/mol. The van der Waals surface area contributed by atoms with Crippen LogP contribution in [-0.4, -0.2) is 42.7 Å². The summed E-state index contributed by atoms with van der Waals surface area (Å²) in [6.07, 6.45) is 4.16. The summed E-state index contributed by atoms with van der Waals surface area (Å²) in [5.74, 6) is -0.202. The van der Waals surface area contributed by atoms with Gasteiger partial charge in [0.1, 0.15) is 0 Å². The van der Waals surface area contributed by atoms with E-state index in [2.05, 4.69) is 10.6 Å². The Labute approximate surface area is 77.5 Å². The van der Waals surface area contributed by atoms with Crippen molar-refractivity contribution in [2.75, 3.05) is 32.6 Å². The highest BCUT2D eigenvalue weighted by Crippen LogP contribution is 2.32. The molecule has 2 fully saturated rings. The van der Waals surface area contributed by atoms with Gasteiger partial charge in [0, 0.05) is 25.9 Å². The number of hydrogen-bond acceptors (Lipinski definition) is 4. The summed E-state index contributed by atoms with van der Waals surface area (Å²) in [5, 5.41) is 0. The summed E-state index contributed by atoms with van der Waals surface area (Å²) >= 11 is 1.81. The van der Waals surface area contributed by atoms with Crippen LogP contribution in [0.1, 0.15) is 12.8 Å². The molecule has 0 bridgehead atoms. The van der Waals surface area contributed by atoms with Gasteiger partial charge < -0.3 is 9.47 Å². The second-order valence-electron chi connectivity index (χ2n) is 3.22. The molecule has 2 aliphatic rings. The number of nitrogens with zero attached hydrogens (tertiary/aromatic N) is 1. The van der Waals surface area contributed by atoms with Crippen LogP contribution in [0.15, 0.2) is 0 Å². The maximum atomic E-state index is 5.62. The fraction of sp³-hybridized carbons (Fsp3) is 1.00. The van der Waals surface area contributed by atoms with E-state index in [1.54, 1.807) is 0 Å². The molecule has 12 heavy (non-hydrogen) atoms. The number of rotatable bonds is 1. The van der Waals surface area contributed by atoms with Crippen LogP contribution < -0.4 is 0 Å². The number of hydrogen-bond donors (Lipinski definition) is 0. The van der Waals surface area contributed by atoms with Crippen LogP contribution in [0.3, 0.4) is 0 Å². The minimum absolute atomic E-state index is 0.202. The van der Waals surface area contributed by atoms with E-state index in [-0.39, 0.29) is 5.79 Å². The van der Waals surface area contributed by atoms with Crippen molar-refractivity contribution in [2.45, 2.75) is 18.6 Å². The molecule has 2 aliphatic heterocycles. The third-order valence-corrected chi connectivity index (χ3v) is 3.44. The van der Waals surface area contributed by atoms with Gasteiger partial charge in [0.25, 0.3) is 0 Å². The lowest BCUT2D eigenvalue weighted by Gasteiger charge is -2.36. The van der Waals surface area contributed by atoms with Gasteiger partial charge in [-0.1, -0.05) is 11.9 Å². The fourth-order valence-corrected chi connectivity index (χ4v) is 2.34. The first-order chi connectivity index (χ1) is 5.85. The van der Waals surface area contributed by atoms with Gasteiger partial charge in [-0.25, -0.2) is 0 Å². The van der Waals surface area contributed by atoms with Crippen molar-refractivity contribution in [1.29, 1.82) is 0 Å². The Morgan fingerprint density at radius 2 is 1.75 bits per heavy atom. The molecule has 1 spiro atoms. The highest BCUT2D eigenvalue weighted by molar-refractivity contribution is 7.96. The van der Waals surface area contributed by atoms with E-state index in [0.717, 1.165) is 39.1 Å². The van der Waals surface area contributed by atoms with Gasteiger partial charge in [-0.15, -0.1) is 0 Å². The van der Waals surface area contributed by atoms with Gasteiger partial charge in [-0.3, -0.25) is 4.31 Å². The van der Waals surface area contributed by atoms with Crippen molar-refractivity contribution in [2.24, 2.45) is 0 Å². The van der Waals surface area contributed by atoms with Crippen molar-refractivity contribution in [3.8, 4) is 0 Å². The lowest BCUT2D eigenvalue weighted by Crippen LogP contribution is -2.42. The maximum absolute atomic E-state index is 5.62. The Morgan fingerprint density at radius 3 is 2.25 bits per heavy atom. The van der Waals surface area contributed by atoms with Gasteiger partial charge in [0.2, 0.25) is 0 Å². The Hall–Kier alpha value is 0.230. The van der Waals surface area contributed by atoms with E-state index in [1.165, 1.54) is 0 Å². The molecule has 0 atom stereocenters. The first-order valence-electron chi connectivity index (χ1n) is 4.42. The monoisotopic (exact) mass is 189 g/mol. The van der Waals surface area contributed by atoms with Crippen LogP contribution in [0.2, 0.25) is 0 Å². The summed E-state index contributed by atoms with van der Waals surface area (Å²) in [5.41, 5.74) is 0. The number of ether oxygens (including phenoxy) is 2. The van der Waals surface area contributed by atoms with Gasteiger partial charge in [-0.05, 0) is 6.26 Å². The maximum Gasteiger partial charge on any atom is 0.171 e. The third-order valence-electron chi connectivity index (χ3n) is 2.56. The van der Waals surface area contributed by atoms with Crippen molar-refractivity contribution in [1.82, 2.24) is 4.31 Å². The SMILES string of the molecule is CSN1CCC2(CC1)OCCO2. The summed E-state index contributed by atoms with van der Waals surface area (Å²) in [6, 6.07) is 0. The summed E-state index contributed by atoms with van der Waals surface area (Å²) in [7, 11) is 0. The Morgan fingerprint density at radius 1 is 1.17 bits per heavy atom. The van der Waals surface area contributed by atoms with Gasteiger partial charge >= 0.3 is 0 Å². The molecule has 3 nitrogen and oxygen atoms in total. The van der Waals surface area contributed by atoms with Crippen molar-refractivity contribution in [3.05, 3.63) is 0 Å². The predicted octanol–water partition coefficient (Wildman–Crippen LogP) is 1.10. The van der Waals surface area contributed by atoms with E-state index < -0.39 is 0 Å². The molecule has 0 aromatic heterocycles. The minimum atomic E-state index is -0.202. The molecule has 0 saturated carbocycles. The van der Waals surface area contributed by atoms with Crippen LogP contribution in [0, 0.1) is 0 Å². The second kappa shape index (κ2) is 3.54. The Kier molecular flexibility index (Phi) is 2.60. The first-order valence-corrected chi connectivity index (χ1v) is 5.60. The van der Waals surface area contributed by atoms with Crippen LogP contribution in [0.4, 0.5) is 0 Å². The van der Waals surface area contributed by atoms with Gasteiger partial charge in [0.15, 0.2) is 5.79 Å². The van der Waals surface area contributed by atoms with Crippen LogP contribution in [0.5, 0.6) is 0 Å². The summed E-state index contributed by atoms with van der Waals surface area (Å²) in [6.45, 7) is 3.72. The molecule has 0 radical (unpaired) electrons. The van der Waals surface area contributed by atoms with Crippen molar-refractivity contribution >= 4 is 11.9 Å². The molecule has 0 aromatic rings. The van der Waals surface area contributed by atoms with E-state index in [9.17, 15) is 0 Å². The number of piperidine rings is 1. The molecule has 0 amide bonds. The smallest absolute Gasteiger partial charge is 0.171 e. The molecule has 0 aromatic carbocycles. The highest BCUT2D eigenvalue weighted by atomic mass is 32.2. The average Bonchev–Trinajstić information content (AvgIpc) is 2.55. The van der Waals surface area contributed by atoms with Gasteiger partial charge in [-0.2, -0.15) is 0 Å². The normalized spacial score (nSPS) is 29.8. The highest BCUT2D eigenvalue weighted by Gasteiger charge is 2.39. The molecule has 2 heterocycles. The molecule has 70 valence electrons. The van der Waals surface area contributed by atoms with Gasteiger partial charge in [0.05, 0.1) is 13.2 Å². The quantitative estimate of drug-likeness (QED) is 0.576. The zero-order valence-corrected chi connectivity index (χ0v) is 8.23. The lowest BCUT2D eigenvalue weighted by molar-refractivity contribution is -0.178. The topological polar surface area (TPSA) is 21.7 Å². The van der Waals surface area contributed by atoms with Crippen LogP contribution in [0.25, 0.3) is 0 Å². The lowest BCUT2D eigenvalue weighted by atomic mass is 10.1. The van der Waals surface area contributed by atoms with E-state index in [4.69, 9.17) is 9.47 Å². The van der Waals surface area contributed by atoms with Crippen LogP contribution in [-0.2, 0) is 9.47 Å². The summed E-state index contributed by atoms with van der Waals surface area (Å²) < 4.78 is 13.6. The molecule has 0 N–H and O–H groups in total. The van der Waals surface area contributed by atoms with E-state index in [0.29, 0.717) is 0 Å².